The third-order valence-corrected chi connectivity index (χ3v) is 4.36. The van der Waals surface area contributed by atoms with E-state index in [1.807, 2.05) is 0 Å². The SMILES string of the molecule is O=S(=O)(NCCCc1ncn[nH]1)N1CCCC1. The van der Waals surface area contributed by atoms with E-state index in [4.69, 9.17) is 0 Å². The van der Waals surface area contributed by atoms with Gasteiger partial charge in [0.05, 0.1) is 0 Å². The first kappa shape index (κ1) is 12.5. The van der Waals surface area contributed by atoms with Gasteiger partial charge in [0, 0.05) is 26.1 Å². The molecule has 0 spiro atoms. The van der Waals surface area contributed by atoms with Crippen molar-refractivity contribution in [2.75, 3.05) is 19.6 Å². The lowest BCUT2D eigenvalue weighted by Gasteiger charge is -2.15. The van der Waals surface area contributed by atoms with E-state index in [0.717, 1.165) is 18.7 Å². The van der Waals surface area contributed by atoms with E-state index in [1.165, 1.54) is 10.6 Å². The lowest BCUT2D eigenvalue weighted by Crippen LogP contribution is -2.39. The molecule has 1 saturated heterocycles. The molecule has 0 saturated carbocycles. The van der Waals surface area contributed by atoms with Crippen molar-refractivity contribution in [3.8, 4) is 0 Å². The largest absolute Gasteiger partial charge is 0.279 e. The molecule has 7 nitrogen and oxygen atoms in total. The molecule has 0 radical (unpaired) electrons. The van der Waals surface area contributed by atoms with E-state index in [1.54, 1.807) is 0 Å². The maximum absolute atomic E-state index is 11.8. The minimum Gasteiger partial charge on any atom is -0.263 e. The Labute approximate surface area is 101 Å². The number of H-pyrrole nitrogens is 1. The van der Waals surface area contributed by atoms with Gasteiger partial charge in [-0.2, -0.15) is 17.8 Å². The molecule has 1 aromatic heterocycles. The van der Waals surface area contributed by atoms with Gasteiger partial charge in [0.1, 0.15) is 12.2 Å². The van der Waals surface area contributed by atoms with Crippen LogP contribution in [0.15, 0.2) is 6.33 Å². The standard InChI is InChI=1S/C9H17N5O2S/c15-17(16,14-6-1-2-7-14)12-5-3-4-9-10-8-11-13-9/h8,12H,1-7H2,(H,10,11,13). The van der Waals surface area contributed by atoms with E-state index in [0.29, 0.717) is 32.5 Å². The summed E-state index contributed by atoms with van der Waals surface area (Å²) in [5.41, 5.74) is 0. The number of hydrogen-bond donors (Lipinski definition) is 2. The molecule has 0 aliphatic carbocycles. The molecular formula is C9H17N5O2S. The summed E-state index contributed by atoms with van der Waals surface area (Å²) in [6.45, 7) is 1.70. The molecule has 2 N–H and O–H groups in total. The van der Waals surface area contributed by atoms with Crippen LogP contribution in [0.3, 0.4) is 0 Å². The average molecular weight is 259 g/mol. The number of aromatic nitrogens is 3. The van der Waals surface area contributed by atoms with Gasteiger partial charge in [0.25, 0.3) is 10.2 Å². The van der Waals surface area contributed by atoms with Crippen molar-refractivity contribution in [2.24, 2.45) is 0 Å². The lowest BCUT2D eigenvalue weighted by molar-refractivity contribution is 0.464. The Morgan fingerprint density at radius 1 is 1.41 bits per heavy atom. The second-order valence-electron chi connectivity index (χ2n) is 4.04. The molecule has 8 heteroatoms. The molecule has 0 atom stereocenters. The summed E-state index contributed by atoms with van der Waals surface area (Å²) in [5, 5.41) is 6.47. The molecule has 0 amide bonds. The summed E-state index contributed by atoms with van der Waals surface area (Å²) in [6.07, 6.45) is 4.77. The highest BCUT2D eigenvalue weighted by atomic mass is 32.2. The highest BCUT2D eigenvalue weighted by molar-refractivity contribution is 7.87. The van der Waals surface area contributed by atoms with E-state index in [-0.39, 0.29) is 0 Å². The fourth-order valence-electron chi connectivity index (χ4n) is 1.83. The average Bonchev–Trinajstić information content (AvgIpc) is 2.97. The molecule has 0 bridgehead atoms. The summed E-state index contributed by atoms with van der Waals surface area (Å²) in [7, 11) is -3.26. The Hall–Kier alpha value is -0.990. The van der Waals surface area contributed by atoms with Crippen LogP contribution in [0.5, 0.6) is 0 Å². The van der Waals surface area contributed by atoms with E-state index < -0.39 is 10.2 Å². The minimum atomic E-state index is -3.26. The van der Waals surface area contributed by atoms with Crippen LogP contribution in [0.25, 0.3) is 0 Å². The number of hydrogen-bond acceptors (Lipinski definition) is 4. The number of nitrogens with one attached hydrogen (secondary N) is 2. The van der Waals surface area contributed by atoms with Crippen molar-refractivity contribution in [1.29, 1.82) is 0 Å². The third kappa shape index (κ3) is 3.48. The summed E-state index contributed by atoms with van der Waals surface area (Å²) in [5.74, 6) is 0.783. The van der Waals surface area contributed by atoms with Crippen molar-refractivity contribution in [1.82, 2.24) is 24.2 Å². The summed E-state index contributed by atoms with van der Waals surface area (Å²) in [6, 6.07) is 0. The first-order chi connectivity index (χ1) is 8.18. The Balaban J connectivity index is 1.70. The molecule has 1 fully saturated rings. The Morgan fingerprint density at radius 2 is 2.18 bits per heavy atom. The highest BCUT2D eigenvalue weighted by Gasteiger charge is 2.24. The van der Waals surface area contributed by atoms with Crippen molar-refractivity contribution in [2.45, 2.75) is 25.7 Å². The second kappa shape index (κ2) is 5.56. The lowest BCUT2D eigenvalue weighted by atomic mass is 10.3. The quantitative estimate of drug-likeness (QED) is 0.684. The molecular weight excluding hydrogens is 242 g/mol. The van der Waals surface area contributed by atoms with Crippen LogP contribution in [-0.4, -0.2) is 47.5 Å². The summed E-state index contributed by atoms with van der Waals surface area (Å²) >= 11 is 0. The molecule has 2 rings (SSSR count). The molecule has 0 unspecified atom stereocenters. The van der Waals surface area contributed by atoms with Crippen LogP contribution < -0.4 is 4.72 Å². The molecule has 1 aliphatic rings. The predicted molar refractivity (Wildman–Crippen MR) is 62.4 cm³/mol. The van der Waals surface area contributed by atoms with Gasteiger partial charge >= 0.3 is 0 Å². The van der Waals surface area contributed by atoms with Gasteiger partial charge in [-0.3, -0.25) is 5.10 Å². The highest BCUT2D eigenvalue weighted by Crippen LogP contribution is 2.10. The maximum atomic E-state index is 11.8. The zero-order valence-electron chi connectivity index (χ0n) is 9.59. The Morgan fingerprint density at radius 3 is 2.82 bits per heavy atom. The van der Waals surface area contributed by atoms with Crippen LogP contribution in [0.2, 0.25) is 0 Å². The number of aryl methyl sites for hydroxylation is 1. The van der Waals surface area contributed by atoms with Crippen LogP contribution in [0.1, 0.15) is 25.1 Å². The zero-order valence-corrected chi connectivity index (χ0v) is 10.4. The zero-order chi connectivity index (χ0) is 12.1. The van der Waals surface area contributed by atoms with Crippen molar-refractivity contribution >= 4 is 10.2 Å². The smallest absolute Gasteiger partial charge is 0.263 e. The third-order valence-electron chi connectivity index (χ3n) is 2.74. The van der Waals surface area contributed by atoms with Gasteiger partial charge in [-0.25, -0.2) is 9.71 Å². The summed E-state index contributed by atoms with van der Waals surface area (Å²) < 4.78 is 27.6. The second-order valence-corrected chi connectivity index (χ2v) is 5.80. The van der Waals surface area contributed by atoms with Crippen molar-refractivity contribution in [3.63, 3.8) is 0 Å². The van der Waals surface area contributed by atoms with E-state index >= 15 is 0 Å². The molecule has 1 aliphatic heterocycles. The normalized spacial score (nSPS) is 17.6. The molecule has 17 heavy (non-hydrogen) atoms. The van der Waals surface area contributed by atoms with Gasteiger partial charge in [-0.15, -0.1) is 0 Å². The topological polar surface area (TPSA) is 91.0 Å². The monoisotopic (exact) mass is 259 g/mol. The fourth-order valence-corrected chi connectivity index (χ4v) is 3.15. The van der Waals surface area contributed by atoms with Gasteiger partial charge in [-0.05, 0) is 19.3 Å². The van der Waals surface area contributed by atoms with Crippen LogP contribution in [0.4, 0.5) is 0 Å². The first-order valence-electron chi connectivity index (χ1n) is 5.77. The number of rotatable bonds is 6. The summed E-state index contributed by atoms with van der Waals surface area (Å²) in [4.78, 5) is 3.97. The van der Waals surface area contributed by atoms with Crippen LogP contribution >= 0.6 is 0 Å². The number of aromatic amines is 1. The van der Waals surface area contributed by atoms with Crippen molar-refractivity contribution < 1.29 is 8.42 Å². The van der Waals surface area contributed by atoms with E-state index in [2.05, 4.69) is 19.9 Å². The Bertz CT molecular complexity index is 424. The van der Waals surface area contributed by atoms with Crippen LogP contribution in [0, 0.1) is 0 Å². The van der Waals surface area contributed by atoms with Gasteiger partial charge in [-0.1, -0.05) is 0 Å². The fraction of sp³-hybridized carbons (Fsp3) is 0.778. The van der Waals surface area contributed by atoms with Gasteiger partial charge < -0.3 is 0 Å². The van der Waals surface area contributed by atoms with Crippen molar-refractivity contribution in [3.05, 3.63) is 12.2 Å². The van der Waals surface area contributed by atoms with Gasteiger partial charge in [0.15, 0.2) is 0 Å². The molecule has 1 aromatic rings. The Kier molecular flexibility index (Phi) is 4.08. The van der Waals surface area contributed by atoms with E-state index in [9.17, 15) is 8.42 Å². The molecule has 0 aromatic carbocycles. The molecule has 96 valence electrons. The minimum absolute atomic E-state index is 0.430. The molecule has 2 heterocycles. The predicted octanol–water partition coefficient (Wildman–Crippen LogP) is -0.332. The number of nitrogens with zero attached hydrogens (tertiary/aromatic N) is 3. The first-order valence-corrected chi connectivity index (χ1v) is 7.21. The van der Waals surface area contributed by atoms with Crippen LogP contribution in [-0.2, 0) is 16.6 Å². The van der Waals surface area contributed by atoms with Gasteiger partial charge in [0.2, 0.25) is 0 Å². The maximum Gasteiger partial charge on any atom is 0.279 e.